The van der Waals surface area contributed by atoms with E-state index in [1.807, 2.05) is 36.7 Å². The van der Waals surface area contributed by atoms with Gasteiger partial charge in [0, 0.05) is 12.1 Å². The SMILES string of the molecule is COC(=O)CC[n+]1ccccn1.COC(=O)CC[n+]1ccccn1.O=C([O-])C(F)(F)F.[Br-]. The maximum Gasteiger partial charge on any atom is 0.430 e. The average molecular weight is 527 g/mol. The second kappa shape index (κ2) is 17.5. The first-order valence-electron chi connectivity index (χ1n) is 8.63. The fourth-order valence-electron chi connectivity index (χ4n) is 1.60. The number of alkyl halides is 3. The Hall–Kier alpha value is -3.16. The molecule has 178 valence electrons. The predicted molar refractivity (Wildman–Crippen MR) is 93.2 cm³/mol. The van der Waals surface area contributed by atoms with Crippen LogP contribution in [0.4, 0.5) is 13.2 Å². The number of aliphatic carboxylic acids is 1. The molecule has 0 aliphatic carbocycles. The quantitative estimate of drug-likeness (QED) is 0.277. The van der Waals surface area contributed by atoms with E-state index in [2.05, 4.69) is 19.7 Å². The van der Waals surface area contributed by atoms with E-state index in [9.17, 15) is 22.8 Å². The van der Waals surface area contributed by atoms with Crippen LogP contribution in [-0.4, -0.2) is 48.5 Å². The molecule has 0 saturated heterocycles. The summed E-state index contributed by atoms with van der Waals surface area (Å²) in [6, 6.07) is 7.39. The van der Waals surface area contributed by atoms with Gasteiger partial charge in [-0.05, 0) is 22.3 Å². The molecule has 0 bridgehead atoms. The van der Waals surface area contributed by atoms with Gasteiger partial charge >= 0.3 is 18.1 Å². The highest BCUT2D eigenvalue weighted by Crippen LogP contribution is 2.11. The van der Waals surface area contributed by atoms with E-state index in [1.165, 1.54) is 14.2 Å². The first-order valence-corrected chi connectivity index (χ1v) is 8.63. The number of aryl methyl sites for hydroxylation is 2. The molecule has 14 heteroatoms. The van der Waals surface area contributed by atoms with Crippen LogP contribution >= 0.6 is 0 Å². The minimum Gasteiger partial charge on any atom is -1.00 e. The standard InChI is InChI=1S/2C8H11N2O2.C2HF3O2.BrH/c2*1-12-8(11)4-7-10-6-3-2-5-9-10;3-2(4,5)1(6)7;/h2*2-3,5-6H,4,7H2,1H3;(H,6,7);1H/q2*+1;;/p-2. The minimum absolute atomic E-state index is 0. The lowest BCUT2D eigenvalue weighted by molar-refractivity contribution is -0.753. The zero-order chi connectivity index (χ0) is 23.7. The summed E-state index contributed by atoms with van der Waals surface area (Å²) in [5.74, 6) is -3.44. The monoisotopic (exact) mass is 526 g/mol. The average Bonchev–Trinajstić information content (AvgIpc) is 2.77. The Bertz CT molecular complexity index is 743. The molecule has 32 heavy (non-hydrogen) atoms. The number of carbonyl (C=O) groups is 3. The van der Waals surface area contributed by atoms with Crippen molar-refractivity contribution in [3.8, 4) is 0 Å². The number of rotatable bonds is 6. The molecule has 0 N–H and O–H groups in total. The maximum absolute atomic E-state index is 10.7. The fraction of sp³-hybridized carbons (Fsp3) is 0.389. The predicted octanol–water partition coefficient (Wildman–Crippen LogP) is -3.83. The minimum atomic E-state index is -5.19. The van der Waals surface area contributed by atoms with E-state index in [0.29, 0.717) is 25.9 Å². The van der Waals surface area contributed by atoms with Crippen LogP contribution in [0.2, 0.25) is 0 Å². The third kappa shape index (κ3) is 16.6. The molecule has 0 aliphatic rings. The van der Waals surface area contributed by atoms with Crippen molar-refractivity contribution in [1.82, 2.24) is 10.2 Å². The van der Waals surface area contributed by atoms with Gasteiger partial charge in [-0.15, -0.1) is 0 Å². The van der Waals surface area contributed by atoms with E-state index in [-0.39, 0.29) is 28.9 Å². The van der Waals surface area contributed by atoms with Gasteiger partial charge in [0.2, 0.25) is 0 Å². The Kier molecular flexibility index (Phi) is 17.0. The van der Waals surface area contributed by atoms with Crippen LogP contribution < -0.4 is 31.5 Å². The number of carboxylic acids is 1. The summed E-state index contributed by atoms with van der Waals surface area (Å²) in [5, 5.41) is 16.8. The van der Waals surface area contributed by atoms with Gasteiger partial charge in [0.15, 0.2) is 25.5 Å². The Morgan fingerprint density at radius 1 is 0.844 bits per heavy atom. The van der Waals surface area contributed by atoms with Crippen LogP contribution in [0, 0.1) is 0 Å². The highest BCUT2D eigenvalue weighted by molar-refractivity contribution is 5.70. The molecule has 0 unspecified atom stereocenters. The summed E-state index contributed by atoms with van der Waals surface area (Å²) >= 11 is 0. The van der Waals surface area contributed by atoms with Crippen LogP contribution in [0.15, 0.2) is 49.1 Å². The van der Waals surface area contributed by atoms with Crippen molar-refractivity contribution in [2.75, 3.05) is 14.2 Å². The topological polar surface area (TPSA) is 126 Å². The van der Waals surface area contributed by atoms with E-state index >= 15 is 0 Å². The molecule has 0 amide bonds. The van der Waals surface area contributed by atoms with Crippen LogP contribution in [0.5, 0.6) is 0 Å². The van der Waals surface area contributed by atoms with Crippen molar-refractivity contribution in [3.63, 3.8) is 0 Å². The summed E-state index contributed by atoms with van der Waals surface area (Å²) in [5.41, 5.74) is 0. The molecule has 10 nitrogen and oxygen atoms in total. The van der Waals surface area contributed by atoms with Crippen molar-refractivity contribution in [3.05, 3.63) is 49.1 Å². The summed E-state index contributed by atoms with van der Waals surface area (Å²) < 4.78 is 43.9. The number of hydrogen-bond acceptors (Lipinski definition) is 8. The van der Waals surface area contributed by atoms with Crippen molar-refractivity contribution < 1.29 is 68.5 Å². The Balaban J connectivity index is 0. The Morgan fingerprint density at radius 3 is 1.41 bits per heavy atom. The lowest BCUT2D eigenvalue weighted by Crippen LogP contribution is -3.00. The zero-order valence-electron chi connectivity index (χ0n) is 17.2. The summed E-state index contributed by atoms with van der Waals surface area (Å²) in [6.45, 7) is 1.13. The van der Waals surface area contributed by atoms with E-state index in [0.717, 1.165) is 0 Å². The molecular formula is C18H22BrF3N4O6. The first-order chi connectivity index (χ1) is 14.6. The third-order valence-corrected chi connectivity index (χ3v) is 3.12. The molecule has 2 heterocycles. The normalized spacial score (nSPS) is 9.53. The molecule has 0 aromatic carbocycles. The van der Waals surface area contributed by atoms with Crippen molar-refractivity contribution in [1.29, 1.82) is 0 Å². The van der Waals surface area contributed by atoms with E-state index in [4.69, 9.17) is 9.90 Å². The molecule has 0 aliphatic heterocycles. The van der Waals surface area contributed by atoms with E-state index in [1.54, 1.807) is 21.8 Å². The second-order valence-electron chi connectivity index (χ2n) is 5.36. The number of halogens is 4. The number of carbonyl (C=O) groups excluding carboxylic acids is 3. The second-order valence-corrected chi connectivity index (χ2v) is 5.36. The number of hydrogen-bond donors (Lipinski definition) is 0. The molecule has 2 rings (SSSR count). The van der Waals surface area contributed by atoms with Crippen molar-refractivity contribution in [2.45, 2.75) is 32.1 Å². The van der Waals surface area contributed by atoms with E-state index < -0.39 is 12.1 Å². The van der Waals surface area contributed by atoms with Crippen molar-refractivity contribution >= 4 is 17.9 Å². The number of aromatic nitrogens is 4. The van der Waals surface area contributed by atoms with Gasteiger partial charge in [0.05, 0.1) is 26.6 Å². The summed E-state index contributed by atoms with van der Waals surface area (Å²) in [7, 11) is 2.76. The van der Waals surface area contributed by atoms with Gasteiger partial charge in [-0.25, -0.2) is 0 Å². The number of ether oxygens (including phenoxy) is 2. The van der Waals surface area contributed by atoms with Gasteiger partial charge in [0.25, 0.3) is 0 Å². The van der Waals surface area contributed by atoms with Crippen LogP contribution in [0.3, 0.4) is 0 Å². The molecular weight excluding hydrogens is 505 g/mol. The smallest absolute Gasteiger partial charge is 0.430 e. The van der Waals surface area contributed by atoms with Gasteiger partial charge in [-0.1, -0.05) is 9.36 Å². The third-order valence-electron chi connectivity index (χ3n) is 3.12. The molecule has 0 radical (unpaired) electrons. The number of carboxylic acid groups (broad SMARTS) is 1. The molecule has 0 saturated carbocycles. The van der Waals surface area contributed by atoms with Crippen LogP contribution in [0.25, 0.3) is 0 Å². The zero-order valence-corrected chi connectivity index (χ0v) is 18.8. The summed E-state index contributed by atoms with van der Waals surface area (Å²) in [4.78, 5) is 30.2. The number of methoxy groups -OCH3 is 2. The largest absolute Gasteiger partial charge is 1.00 e. The highest BCUT2D eigenvalue weighted by Gasteiger charge is 2.28. The molecule has 0 spiro atoms. The Morgan fingerprint density at radius 2 is 1.19 bits per heavy atom. The van der Waals surface area contributed by atoms with Gasteiger partial charge in [-0.3, -0.25) is 9.59 Å². The maximum atomic E-state index is 10.7. The number of nitrogens with zero attached hydrogens (tertiary/aromatic N) is 4. The highest BCUT2D eigenvalue weighted by atomic mass is 79.9. The lowest BCUT2D eigenvalue weighted by Gasteiger charge is -2.03. The van der Waals surface area contributed by atoms with Crippen LogP contribution in [0.1, 0.15) is 12.8 Å². The molecule has 0 fully saturated rings. The van der Waals surface area contributed by atoms with Crippen LogP contribution in [-0.2, 0) is 36.9 Å². The lowest BCUT2D eigenvalue weighted by atomic mass is 10.4. The fourth-order valence-corrected chi connectivity index (χ4v) is 1.60. The Labute approximate surface area is 192 Å². The van der Waals surface area contributed by atoms with Gasteiger partial charge in [0.1, 0.15) is 18.8 Å². The number of esters is 2. The van der Waals surface area contributed by atoms with Gasteiger partial charge < -0.3 is 36.4 Å². The first kappa shape index (κ1) is 31.0. The van der Waals surface area contributed by atoms with Gasteiger partial charge in [-0.2, -0.15) is 13.2 Å². The van der Waals surface area contributed by atoms with Crippen molar-refractivity contribution in [2.24, 2.45) is 0 Å². The summed E-state index contributed by atoms with van der Waals surface area (Å²) in [6.07, 6.45) is 2.50. The molecule has 0 atom stereocenters. The molecule has 2 aromatic heterocycles. The molecule has 2 aromatic rings.